The van der Waals surface area contributed by atoms with Crippen molar-refractivity contribution in [1.82, 2.24) is 9.55 Å². The van der Waals surface area contributed by atoms with Crippen LogP contribution < -0.4 is 0 Å². The molecule has 1 saturated carbocycles. The molecule has 1 aliphatic carbocycles. The molecule has 3 rings (SSSR count). The minimum absolute atomic E-state index is 0.173. The van der Waals surface area contributed by atoms with Crippen molar-refractivity contribution in [2.45, 2.75) is 51.5 Å². The molecule has 20 heavy (non-hydrogen) atoms. The summed E-state index contributed by atoms with van der Waals surface area (Å²) < 4.78 is 16.0. The first-order valence-corrected chi connectivity index (χ1v) is 7.74. The van der Waals surface area contributed by atoms with Gasteiger partial charge in [0.1, 0.15) is 11.6 Å². The van der Waals surface area contributed by atoms with Crippen LogP contribution in [0.1, 0.15) is 55.9 Å². The highest BCUT2D eigenvalue weighted by Gasteiger charge is 2.29. The lowest BCUT2D eigenvalue weighted by atomic mass is 9.80. The van der Waals surface area contributed by atoms with Gasteiger partial charge < -0.3 is 4.57 Å². The number of fused-ring (bicyclic) bond motifs is 1. The van der Waals surface area contributed by atoms with E-state index in [0.717, 1.165) is 11.3 Å². The first-order valence-electron chi connectivity index (χ1n) is 7.31. The van der Waals surface area contributed by atoms with Crippen molar-refractivity contribution in [1.29, 1.82) is 0 Å². The molecule has 0 N–H and O–H groups in total. The molecule has 1 heterocycles. The van der Waals surface area contributed by atoms with E-state index in [9.17, 15) is 4.39 Å². The van der Waals surface area contributed by atoms with Crippen molar-refractivity contribution < 1.29 is 4.39 Å². The van der Waals surface area contributed by atoms with Crippen LogP contribution in [0.5, 0.6) is 0 Å². The van der Waals surface area contributed by atoms with Crippen molar-refractivity contribution in [2.75, 3.05) is 0 Å². The van der Waals surface area contributed by atoms with Gasteiger partial charge in [0.05, 0.1) is 16.4 Å². The number of hydrogen-bond acceptors (Lipinski definition) is 1. The van der Waals surface area contributed by atoms with Crippen molar-refractivity contribution in [2.24, 2.45) is 5.92 Å². The maximum atomic E-state index is 13.7. The molecule has 0 radical (unpaired) electrons. The van der Waals surface area contributed by atoms with Gasteiger partial charge in [-0.25, -0.2) is 9.37 Å². The normalized spacial score (nSPS) is 19.1. The molecule has 1 aromatic heterocycles. The van der Waals surface area contributed by atoms with Crippen molar-refractivity contribution >= 4 is 22.6 Å². The molecule has 0 saturated heterocycles. The Bertz CT molecular complexity index is 643. The van der Waals surface area contributed by atoms with E-state index < -0.39 is 0 Å². The van der Waals surface area contributed by atoms with Crippen LogP contribution in [0.4, 0.5) is 4.39 Å². The zero-order valence-electron chi connectivity index (χ0n) is 12.2. The van der Waals surface area contributed by atoms with Crippen molar-refractivity contribution in [3.63, 3.8) is 0 Å². The highest BCUT2D eigenvalue weighted by atomic mass is 35.5. The lowest BCUT2D eigenvalue weighted by molar-refractivity contribution is 0.223. The summed E-state index contributed by atoms with van der Waals surface area (Å²) in [4.78, 5) is 4.57. The summed E-state index contributed by atoms with van der Waals surface area (Å²) in [5, 5.41) is -0.173. The Morgan fingerprint density at radius 2 is 2.05 bits per heavy atom. The van der Waals surface area contributed by atoms with E-state index in [1.54, 1.807) is 6.92 Å². The first-order chi connectivity index (χ1) is 9.49. The molecule has 0 aliphatic heterocycles. The Balaban J connectivity index is 2.20. The number of aromatic nitrogens is 2. The fraction of sp³-hybridized carbons (Fsp3) is 0.562. The highest BCUT2D eigenvalue weighted by molar-refractivity contribution is 6.20. The number of alkyl halides is 1. The number of nitrogens with zero attached hydrogens (tertiary/aromatic N) is 2. The molecule has 1 aromatic carbocycles. The summed E-state index contributed by atoms with van der Waals surface area (Å²) >= 11 is 6.29. The van der Waals surface area contributed by atoms with E-state index in [1.807, 2.05) is 13.0 Å². The second-order valence-electron chi connectivity index (χ2n) is 5.98. The molecular formula is C16H20ClFN2. The van der Waals surface area contributed by atoms with E-state index >= 15 is 0 Å². The fourth-order valence-electron chi connectivity index (χ4n) is 3.08. The third-order valence-corrected chi connectivity index (χ3v) is 4.79. The van der Waals surface area contributed by atoms with Crippen molar-refractivity contribution in [3.8, 4) is 0 Å². The summed E-state index contributed by atoms with van der Waals surface area (Å²) in [6.45, 7) is 5.95. The summed E-state index contributed by atoms with van der Waals surface area (Å²) in [6, 6.07) is 3.79. The van der Waals surface area contributed by atoms with Crippen molar-refractivity contribution in [3.05, 3.63) is 29.3 Å². The number of halogens is 2. The third kappa shape index (κ3) is 2.12. The fourth-order valence-corrected chi connectivity index (χ4v) is 3.23. The minimum atomic E-state index is -0.202. The van der Waals surface area contributed by atoms with Gasteiger partial charge in [-0.3, -0.25) is 0 Å². The Morgan fingerprint density at radius 3 is 2.60 bits per heavy atom. The molecule has 2 unspecified atom stereocenters. The second-order valence-corrected chi connectivity index (χ2v) is 6.63. The number of aryl methyl sites for hydroxylation is 1. The summed E-state index contributed by atoms with van der Waals surface area (Å²) in [5.41, 5.74) is 2.38. The average molecular weight is 295 g/mol. The maximum Gasteiger partial charge on any atom is 0.128 e. The Kier molecular flexibility index (Phi) is 3.49. The van der Waals surface area contributed by atoms with Gasteiger partial charge in [-0.1, -0.05) is 6.42 Å². The minimum Gasteiger partial charge on any atom is -0.324 e. The molecule has 1 aliphatic rings. The summed E-state index contributed by atoms with van der Waals surface area (Å²) in [5.74, 6) is 1.34. The number of benzene rings is 1. The van der Waals surface area contributed by atoms with Gasteiger partial charge >= 0.3 is 0 Å². The highest BCUT2D eigenvalue weighted by Crippen LogP contribution is 2.40. The molecular weight excluding hydrogens is 275 g/mol. The smallest absolute Gasteiger partial charge is 0.128 e. The van der Waals surface area contributed by atoms with Crippen LogP contribution in [-0.4, -0.2) is 9.55 Å². The molecule has 4 heteroatoms. The van der Waals surface area contributed by atoms with Crippen LogP contribution in [0, 0.1) is 18.7 Å². The lowest BCUT2D eigenvalue weighted by Crippen LogP contribution is -2.24. The van der Waals surface area contributed by atoms with Gasteiger partial charge in [0, 0.05) is 12.1 Å². The molecule has 0 spiro atoms. The van der Waals surface area contributed by atoms with Crippen LogP contribution >= 0.6 is 11.6 Å². The van der Waals surface area contributed by atoms with Crippen LogP contribution in [0.2, 0.25) is 0 Å². The Morgan fingerprint density at radius 1 is 1.35 bits per heavy atom. The predicted molar refractivity (Wildman–Crippen MR) is 80.7 cm³/mol. The predicted octanol–water partition coefficient (Wildman–Crippen LogP) is 5.14. The van der Waals surface area contributed by atoms with E-state index in [0.29, 0.717) is 23.0 Å². The quantitative estimate of drug-likeness (QED) is 0.716. The van der Waals surface area contributed by atoms with Gasteiger partial charge in [0.25, 0.3) is 0 Å². The van der Waals surface area contributed by atoms with Crippen LogP contribution in [-0.2, 0) is 0 Å². The maximum absolute atomic E-state index is 13.7. The average Bonchev–Trinajstić information content (AvgIpc) is 2.66. The van der Waals surface area contributed by atoms with Gasteiger partial charge in [0.15, 0.2) is 0 Å². The first kappa shape index (κ1) is 13.9. The Hall–Kier alpha value is -1.09. The molecule has 0 bridgehead atoms. The molecule has 2 atom stereocenters. The summed E-state index contributed by atoms with van der Waals surface area (Å²) in [7, 11) is 0. The zero-order chi connectivity index (χ0) is 14.4. The van der Waals surface area contributed by atoms with E-state index in [2.05, 4.69) is 16.5 Å². The second kappa shape index (κ2) is 5.03. The van der Waals surface area contributed by atoms with Crippen LogP contribution in [0.25, 0.3) is 11.0 Å². The van der Waals surface area contributed by atoms with Gasteiger partial charge in [-0.05, 0) is 51.2 Å². The monoisotopic (exact) mass is 294 g/mol. The van der Waals surface area contributed by atoms with E-state index in [-0.39, 0.29) is 11.2 Å². The molecule has 0 amide bonds. The van der Waals surface area contributed by atoms with Crippen LogP contribution in [0.15, 0.2) is 12.1 Å². The number of imidazole rings is 1. The number of rotatable bonds is 3. The standard InChI is InChI=1S/C16H20ClFN2/c1-9-7-15-14(8-13(9)18)19-16(10(2)17)20(15)11(3)12-5-4-6-12/h7-8,10-12H,4-6H2,1-3H3. The van der Waals surface area contributed by atoms with Gasteiger partial charge in [-0.2, -0.15) is 0 Å². The summed E-state index contributed by atoms with van der Waals surface area (Å²) in [6.07, 6.45) is 3.83. The topological polar surface area (TPSA) is 17.8 Å². The third-order valence-electron chi connectivity index (χ3n) is 4.59. The molecule has 2 nitrogen and oxygen atoms in total. The largest absolute Gasteiger partial charge is 0.324 e. The zero-order valence-corrected chi connectivity index (χ0v) is 12.9. The SMILES string of the molecule is Cc1cc2c(cc1F)nc(C(C)Cl)n2C(C)C1CCC1. The van der Waals surface area contributed by atoms with Gasteiger partial charge in [0.2, 0.25) is 0 Å². The Labute approximate surface area is 123 Å². The van der Waals surface area contributed by atoms with Crippen LogP contribution in [0.3, 0.4) is 0 Å². The molecule has 2 aromatic rings. The number of hydrogen-bond donors (Lipinski definition) is 0. The lowest BCUT2D eigenvalue weighted by Gasteiger charge is -2.33. The van der Waals surface area contributed by atoms with E-state index in [4.69, 9.17) is 11.6 Å². The molecule has 1 fully saturated rings. The van der Waals surface area contributed by atoms with Gasteiger partial charge in [-0.15, -0.1) is 11.6 Å². The molecule has 108 valence electrons. The van der Waals surface area contributed by atoms with E-state index in [1.165, 1.54) is 25.3 Å².